The van der Waals surface area contributed by atoms with Crippen LogP contribution in [-0.2, 0) is 0 Å². The number of allylic oxidation sites excluding steroid dienone is 1. The summed E-state index contributed by atoms with van der Waals surface area (Å²) in [5.74, 6) is 0. The third kappa shape index (κ3) is 6.62. The molecule has 0 bridgehead atoms. The van der Waals surface area contributed by atoms with Gasteiger partial charge in [0.1, 0.15) is 0 Å². The van der Waals surface area contributed by atoms with Crippen LogP contribution in [0.5, 0.6) is 0 Å². The maximum Gasteiger partial charge on any atom is 0.0672 e. The molecule has 0 aliphatic carbocycles. The molecular formula is C14H24ClN. The molecule has 1 nitrogen and oxygen atoms in total. The quantitative estimate of drug-likeness (QED) is 0.631. The minimum atomic E-state index is 0.775. The van der Waals surface area contributed by atoms with E-state index >= 15 is 0 Å². The summed E-state index contributed by atoms with van der Waals surface area (Å²) in [6, 6.07) is 1.80. The molecule has 0 aliphatic rings. The van der Waals surface area contributed by atoms with Gasteiger partial charge >= 0.3 is 0 Å². The lowest BCUT2D eigenvalue weighted by Gasteiger charge is -2.01. The van der Waals surface area contributed by atoms with Crippen LogP contribution in [0.25, 0.3) is 6.08 Å². The Labute approximate surface area is 106 Å². The maximum atomic E-state index is 5.93. The fourth-order valence-corrected chi connectivity index (χ4v) is 1.10. The molecule has 0 radical (unpaired) electrons. The Kier molecular flexibility index (Phi) is 11.7. The third-order valence-electron chi connectivity index (χ3n) is 1.60. The number of halogens is 1. The second-order valence-electron chi connectivity index (χ2n) is 3.02. The molecule has 0 atom stereocenters. The average Bonchev–Trinajstić information content (AvgIpc) is 2.30. The van der Waals surface area contributed by atoms with Crippen molar-refractivity contribution in [2.45, 2.75) is 48.5 Å². The maximum absolute atomic E-state index is 5.93. The second-order valence-corrected chi connectivity index (χ2v) is 3.43. The van der Waals surface area contributed by atoms with Gasteiger partial charge in [-0.2, -0.15) is 0 Å². The minimum Gasteiger partial charge on any atom is -0.257 e. The summed E-state index contributed by atoms with van der Waals surface area (Å²) in [4.78, 5) is 4.22. The monoisotopic (exact) mass is 241 g/mol. The lowest BCUT2D eigenvalue weighted by atomic mass is 10.2. The minimum absolute atomic E-state index is 0.775. The number of aromatic nitrogens is 1. The first-order valence-electron chi connectivity index (χ1n) is 5.87. The fraction of sp³-hybridized carbons (Fsp3) is 0.500. The van der Waals surface area contributed by atoms with E-state index in [9.17, 15) is 0 Å². The van der Waals surface area contributed by atoms with Crippen LogP contribution in [0.3, 0.4) is 0 Å². The standard InChI is InChI=1S/C10H12ClN.2C2H6/c1-7(2)6-10-8(3)9(11)4-5-12-10;2*1-2/h4-6H,1-3H3;2*1-2H3. The summed E-state index contributed by atoms with van der Waals surface area (Å²) in [7, 11) is 0. The summed E-state index contributed by atoms with van der Waals surface area (Å²) < 4.78 is 0. The van der Waals surface area contributed by atoms with Gasteiger partial charge in [0.25, 0.3) is 0 Å². The van der Waals surface area contributed by atoms with Crippen LogP contribution < -0.4 is 0 Å². The second kappa shape index (κ2) is 10.7. The number of hydrogen-bond donors (Lipinski definition) is 0. The van der Waals surface area contributed by atoms with Crippen LogP contribution in [0.2, 0.25) is 5.02 Å². The van der Waals surface area contributed by atoms with Crippen molar-refractivity contribution in [2.75, 3.05) is 0 Å². The molecule has 1 rings (SSSR count). The van der Waals surface area contributed by atoms with E-state index in [4.69, 9.17) is 11.6 Å². The highest BCUT2D eigenvalue weighted by Gasteiger charge is 1.99. The van der Waals surface area contributed by atoms with Gasteiger partial charge in [0.2, 0.25) is 0 Å². The van der Waals surface area contributed by atoms with Gasteiger partial charge < -0.3 is 0 Å². The van der Waals surface area contributed by atoms with Gasteiger partial charge in [-0.05, 0) is 38.5 Å². The lowest BCUT2D eigenvalue weighted by molar-refractivity contribution is 1.23. The van der Waals surface area contributed by atoms with Gasteiger partial charge in [-0.25, -0.2) is 0 Å². The molecule has 0 fully saturated rings. The van der Waals surface area contributed by atoms with Crippen molar-refractivity contribution in [2.24, 2.45) is 0 Å². The zero-order chi connectivity index (χ0) is 13.1. The van der Waals surface area contributed by atoms with Gasteiger partial charge in [-0.15, -0.1) is 0 Å². The van der Waals surface area contributed by atoms with Gasteiger partial charge in [0, 0.05) is 11.2 Å². The van der Waals surface area contributed by atoms with Crippen molar-refractivity contribution in [1.29, 1.82) is 0 Å². The van der Waals surface area contributed by atoms with Crippen molar-refractivity contribution in [1.82, 2.24) is 4.98 Å². The Morgan fingerprint density at radius 3 is 2.12 bits per heavy atom. The highest BCUT2D eigenvalue weighted by atomic mass is 35.5. The smallest absolute Gasteiger partial charge is 0.0672 e. The molecule has 0 N–H and O–H groups in total. The Morgan fingerprint density at radius 2 is 1.69 bits per heavy atom. The van der Waals surface area contributed by atoms with Crippen LogP contribution in [0.1, 0.15) is 52.8 Å². The highest BCUT2D eigenvalue weighted by Crippen LogP contribution is 2.18. The first-order valence-corrected chi connectivity index (χ1v) is 6.25. The lowest BCUT2D eigenvalue weighted by Crippen LogP contribution is -1.86. The Morgan fingerprint density at radius 1 is 1.19 bits per heavy atom. The summed E-state index contributed by atoms with van der Waals surface area (Å²) in [6.45, 7) is 14.1. The first kappa shape index (κ1) is 17.6. The fourth-order valence-electron chi connectivity index (χ4n) is 0.946. The zero-order valence-electron chi connectivity index (χ0n) is 11.6. The Hall–Kier alpha value is -0.820. The molecule has 0 saturated heterocycles. The van der Waals surface area contributed by atoms with E-state index < -0.39 is 0 Å². The predicted molar refractivity (Wildman–Crippen MR) is 76.0 cm³/mol. The van der Waals surface area contributed by atoms with E-state index in [1.54, 1.807) is 12.3 Å². The molecule has 1 aromatic heterocycles. The number of hydrogen-bond acceptors (Lipinski definition) is 1. The van der Waals surface area contributed by atoms with E-state index in [0.29, 0.717) is 0 Å². The van der Waals surface area contributed by atoms with Crippen molar-refractivity contribution in [3.05, 3.63) is 34.1 Å². The average molecular weight is 242 g/mol. The topological polar surface area (TPSA) is 12.9 Å². The largest absolute Gasteiger partial charge is 0.257 e. The van der Waals surface area contributed by atoms with E-state index in [2.05, 4.69) is 4.98 Å². The molecule has 0 spiro atoms. The van der Waals surface area contributed by atoms with Gasteiger partial charge in [0.15, 0.2) is 0 Å². The molecule has 0 saturated carbocycles. The Balaban J connectivity index is 0. The van der Waals surface area contributed by atoms with Gasteiger partial charge in [-0.1, -0.05) is 44.9 Å². The van der Waals surface area contributed by atoms with E-state index in [0.717, 1.165) is 16.3 Å². The highest BCUT2D eigenvalue weighted by molar-refractivity contribution is 6.31. The van der Waals surface area contributed by atoms with Crippen molar-refractivity contribution >= 4 is 17.7 Å². The van der Waals surface area contributed by atoms with E-state index in [1.807, 2.05) is 54.5 Å². The normalized spacial score (nSPS) is 8.00. The summed E-state index contributed by atoms with van der Waals surface area (Å²) in [5, 5.41) is 0.775. The number of pyridine rings is 1. The SMILES string of the molecule is CC.CC.CC(C)=Cc1nccc(Cl)c1C. The molecule has 0 aromatic carbocycles. The Bertz CT molecular complexity index is 313. The van der Waals surface area contributed by atoms with Crippen molar-refractivity contribution in [3.63, 3.8) is 0 Å². The molecule has 92 valence electrons. The summed E-state index contributed by atoms with van der Waals surface area (Å²) in [6.07, 6.45) is 3.76. The third-order valence-corrected chi connectivity index (χ3v) is 2.01. The molecule has 16 heavy (non-hydrogen) atoms. The first-order chi connectivity index (χ1) is 7.61. The van der Waals surface area contributed by atoms with Crippen molar-refractivity contribution < 1.29 is 0 Å². The van der Waals surface area contributed by atoms with Gasteiger partial charge in [-0.3, -0.25) is 4.98 Å². The van der Waals surface area contributed by atoms with Crippen LogP contribution >= 0.6 is 11.6 Å². The number of nitrogens with zero attached hydrogens (tertiary/aromatic N) is 1. The molecule has 0 aliphatic heterocycles. The predicted octanol–water partition coefficient (Wildman–Crippen LogP) is 5.52. The van der Waals surface area contributed by atoms with Gasteiger partial charge in [0.05, 0.1) is 5.69 Å². The molecule has 0 amide bonds. The molecule has 1 heterocycles. The zero-order valence-corrected chi connectivity index (χ0v) is 12.3. The molecule has 2 heteroatoms. The molecule has 1 aromatic rings. The summed E-state index contributed by atoms with van der Waals surface area (Å²) in [5.41, 5.74) is 3.23. The van der Waals surface area contributed by atoms with Crippen LogP contribution in [-0.4, -0.2) is 4.98 Å². The van der Waals surface area contributed by atoms with E-state index in [1.165, 1.54) is 5.57 Å². The molecular weight excluding hydrogens is 218 g/mol. The van der Waals surface area contributed by atoms with Crippen LogP contribution in [0.4, 0.5) is 0 Å². The number of rotatable bonds is 1. The summed E-state index contributed by atoms with van der Waals surface area (Å²) >= 11 is 5.93. The van der Waals surface area contributed by atoms with E-state index in [-0.39, 0.29) is 0 Å². The van der Waals surface area contributed by atoms with Crippen LogP contribution in [0, 0.1) is 6.92 Å². The van der Waals surface area contributed by atoms with Crippen LogP contribution in [0.15, 0.2) is 17.8 Å². The molecule has 0 unspecified atom stereocenters. The van der Waals surface area contributed by atoms with Crippen molar-refractivity contribution in [3.8, 4) is 0 Å².